The highest BCUT2D eigenvalue weighted by Crippen LogP contribution is 2.36. The number of aromatic nitrogens is 4. The molecule has 1 aromatic carbocycles. The van der Waals surface area contributed by atoms with E-state index >= 15 is 0 Å². The van der Waals surface area contributed by atoms with Crippen molar-refractivity contribution < 1.29 is 18.3 Å². The Kier molecular flexibility index (Phi) is 4.08. The predicted molar refractivity (Wildman–Crippen MR) is 82.8 cm³/mol. The first kappa shape index (κ1) is 15.0. The molecule has 0 amide bonds. The van der Waals surface area contributed by atoms with Gasteiger partial charge in [-0.15, -0.1) is 20.4 Å². The van der Waals surface area contributed by atoms with Crippen molar-refractivity contribution in [1.82, 2.24) is 20.4 Å². The van der Waals surface area contributed by atoms with Gasteiger partial charge in [0.15, 0.2) is 11.5 Å². The maximum atomic E-state index is 5.84. The molecule has 1 aliphatic rings. The lowest BCUT2D eigenvalue weighted by atomic mass is 10.2. The quantitative estimate of drug-likeness (QED) is 0.646. The second kappa shape index (κ2) is 6.52. The summed E-state index contributed by atoms with van der Waals surface area (Å²) in [6.07, 6.45) is 0.292. The van der Waals surface area contributed by atoms with Gasteiger partial charge in [0.05, 0.1) is 5.75 Å². The van der Waals surface area contributed by atoms with E-state index in [4.69, 9.17) is 18.3 Å². The predicted octanol–water partition coefficient (Wildman–Crippen LogP) is 2.82. The minimum atomic E-state index is -0.420. The van der Waals surface area contributed by atoms with Crippen LogP contribution in [0.5, 0.6) is 11.5 Å². The molecule has 0 radical (unpaired) electrons. The standard InChI is InChI=1S/C15H14N4O4S/c1-2-12-16-17-13(22-12)8-24-15-19-18-14(23-15)11-7-20-9-5-3-4-6-10(9)21-11/h3-6,11H,2,7-8H2,1H3. The van der Waals surface area contributed by atoms with Crippen molar-refractivity contribution in [1.29, 1.82) is 0 Å². The molecule has 1 unspecified atom stereocenters. The number of hydrogen-bond acceptors (Lipinski definition) is 9. The van der Waals surface area contributed by atoms with Gasteiger partial charge in [-0.1, -0.05) is 30.8 Å². The van der Waals surface area contributed by atoms with Gasteiger partial charge in [-0.25, -0.2) is 0 Å². The zero-order chi connectivity index (χ0) is 16.4. The summed E-state index contributed by atoms with van der Waals surface area (Å²) < 4.78 is 22.6. The molecule has 9 heteroatoms. The number of fused-ring (bicyclic) bond motifs is 1. The smallest absolute Gasteiger partial charge is 0.277 e. The minimum Gasteiger partial charge on any atom is -0.485 e. The van der Waals surface area contributed by atoms with Crippen molar-refractivity contribution in [3.8, 4) is 11.5 Å². The van der Waals surface area contributed by atoms with Crippen molar-refractivity contribution in [2.45, 2.75) is 30.4 Å². The molecule has 0 bridgehead atoms. The van der Waals surface area contributed by atoms with E-state index in [0.29, 0.717) is 53.2 Å². The van der Waals surface area contributed by atoms with Crippen LogP contribution in [0.4, 0.5) is 0 Å². The highest BCUT2D eigenvalue weighted by atomic mass is 32.2. The Hall–Kier alpha value is -2.55. The first-order valence-corrected chi connectivity index (χ1v) is 8.46. The molecule has 4 rings (SSSR count). The van der Waals surface area contributed by atoms with Crippen molar-refractivity contribution in [3.05, 3.63) is 41.9 Å². The van der Waals surface area contributed by atoms with Crippen molar-refractivity contribution in [3.63, 3.8) is 0 Å². The number of nitrogens with zero attached hydrogens (tertiary/aromatic N) is 4. The van der Waals surface area contributed by atoms with Crippen LogP contribution in [0.25, 0.3) is 0 Å². The molecule has 3 aromatic rings. The largest absolute Gasteiger partial charge is 0.485 e. The first-order valence-electron chi connectivity index (χ1n) is 7.47. The monoisotopic (exact) mass is 346 g/mol. The van der Waals surface area contributed by atoms with Crippen LogP contribution in [-0.2, 0) is 12.2 Å². The molecule has 0 saturated heterocycles. The summed E-state index contributed by atoms with van der Waals surface area (Å²) in [5.74, 6) is 3.38. The number of para-hydroxylation sites is 2. The lowest BCUT2D eigenvalue weighted by Gasteiger charge is -2.23. The third-order valence-electron chi connectivity index (χ3n) is 3.34. The van der Waals surface area contributed by atoms with Crippen LogP contribution in [-0.4, -0.2) is 27.0 Å². The highest BCUT2D eigenvalue weighted by Gasteiger charge is 2.27. The summed E-state index contributed by atoms with van der Waals surface area (Å²) in [6.45, 7) is 2.28. The van der Waals surface area contributed by atoms with Gasteiger partial charge in [0.1, 0.15) is 6.61 Å². The maximum absolute atomic E-state index is 5.84. The van der Waals surface area contributed by atoms with E-state index in [-0.39, 0.29) is 0 Å². The van der Waals surface area contributed by atoms with Crippen molar-refractivity contribution in [2.75, 3.05) is 6.61 Å². The van der Waals surface area contributed by atoms with Crippen molar-refractivity contribution >= 4 is 11.8 Å². The summed E-state index contributed by atoms with van der Waals surface area (Å²) in [4.78, 5) is 0. The van der Waals surface area contributed by atoms with E-state index in [2.05, 4.69) is 20.4 Å². The number of benzene rings is 1. The van der Waals surface area contributed by atoms with E-state index in [1.807, 2.05) is 31.2 Å². The van der Waals surface area contributed by atoms with E-state index in [1.165, 1.54) is 11.8 Å². The third kappa shape index (κ3) is 3.07. The Bertz CT molecular complexity index is 834. The number of aryl methyl sites for hydroxylation is 1. The van der Waals surface area contributed by atoms with Gasteiger partial charge in [-0.3, -0.25) is 0 Å². The zero-order valence-electron chi connectivity index (χ0n) is 12.8. The molecule has 0 fully saturated rings. The molecule has 3 heterocycles. The van der Waals surface area contributed by atoms with Crippen LogP contribution in [0, 0.1) is 0 Å². The van der Waals surface area contributed by atoms with Gasteiger partial charge in [-0.05, 0) is 12.1 Å². The van der Waals surface area contributed by atoms with Gasteiger partial charge in [-0.2, -0.15) is 0 Å². The molecule has 124 valence electrons. The molecule has 1 atom stereocenters. The Morgan fingerprint density at radius 1 is 1.04 bits per heavy atom. The molecule has 24 heavy (non-hydrogen) atoms. The Morgan fingerprint density at radius 3 is 2.71 bits per heavy atom. The lowest BCUT2D eigenvalue weighted by molar-refractivity contribution is 0.0686. The van der Waals surface area contributed by atoms with Crippen LogP contribution < -0.4 is 9.47 Å². The highest BCUT2D eigenvalue weighted by molar-refractivity contribution is 7.98. The Labute approximate surface area is 141 Å². The zero-order valence-corrected chi connectivity index (χ0v) is 13.7. The van der Waals surface area contributed by atoms with Crippen LogP contribution in [0.15, 0.2) is 38.3 Å². The topological polar surface area (TPSA) is 96.3 Å². The molecule has 0 N–H and O–H groups in total. The Balaban J connectivity index is 1.40. The minimum absolute atomic E-state index is 0.326. The van der Waals surface area contributed by atoms with Crippen LogP contribution in [0.3, 0.4) is 0 Å². The van der Waals surface area contributed by atoms with Crippen LogP contribution in [0.2, 0.25) is 0 Å². The Morgan fingerprint density at radius 2 is 1.88 bits per heavy atom. The average Bonchev–Trinajstić information content (AvgIpc) is 3.28. The summed E-state index contributed by atoms with van der Waals surface area (Å²) in [7, 11) is 0. The first-order chi connectivity index (χ1) is 11.8. The average molecular weight is 346 g/mol. The molecule has 0 aliphatic carbocycles. The maximum Gasteiger partial charge on any atom is 0.277 e. The molecule has 1 aliphatic heterocycles. The summed E-state index contributed by atoms with van der Waals surface area (Å²) in [5.41, 5.74) is 0. The second-order valence-electron chi connectivity index (χ2n) is 5.00. The molecular formula is C15H14N4O4S. The van der Waals surface area contributed by atoms with Gasteiger partial charge in [0.2, 0.25) is 17.9 Å². The number of hydrogen-bond donors (Lipinski definition) is 0. The van der Waals surface area contributed by atoms with Crippen LogP contribution in [0.1, 0.15) is 30.7 Å². The third-order valence-corrected chi connectivity index (χ3v) is 4.14. The van der Waals surface area contributed by atoms with E-state index in [1.54, 1.807) is 0 Å². The molecular weight excluding hydrogens is 332 g/mol. The number of rotatable bonds is 5. The molecule has 0 saturated carbocycles. The van der Waals surface area contributed by atoms with Gasteiger partial charge in [0, 0.05) is 6.42 Å². The fourth-order valence-corrected chi connectivity index (χ4v) is 2.77. The van der Waals surface area contributed by atoms with E-state index in [9.17, 15) is 0 Å². The van der Waals surface area contributed by atoms with Crippen LogP contribution >= 0.6 is 11.8 Å². The molecule has 2 aromatic heterocycles. The summed E-state index contributed by atoms with van der Waals surface area (Å²) in [5, 5.41) is 16.3. The second-order valence-corrected chi connectivity index (χ2v) is 5.93. The molecule has 0 spiro atoms. The SMILES string of the molecule is CCc1nnc(CSc2nnc(C3COc4ccccc4O3)o2)o1. The lowest BCUT2D eigenvalue weighted by Crippen LogP contribution is -2.21. The number of thioether (sulfide) groups is 1. The summed E-state index contributed by atoms with van der Waals surface area (Å²) >= 11 is 1.33. The van der Waals surface area contributed by atoms with Gasteiger partial charge >= 0.3 is 0 Å². The molecule has 8 nitrogen and oxygen atoms in total. The summed E-state index contributed by atoms with van der Waals surface area (Å²) in [6, 6.07) is 7.48. The number of ether oxygens (including phenoxy) is 2. The normalized spacial score (nSPS) is 16.3. The fraction of sp³-hybridized carbons (Fsp3) is 0.333. The van der Waals surface area contributed by atoms with Gasteiger partial charge in [0.25, 0.3) is 11.1 Å². The van der Waals surface area contributed by atoms with Crippen molar-refractivity contribution in [2.24, 2.45) is 0 Å². The fourth-order valence-electron chi connectivity index (χ4n) is 2.16. The van der Waals surface area contributed by atoms with E-state index in [0.717, 1.165) is 0 Å². The van der Waals surface area contributed by atoms with Gasteiger partial charge < -0.3 is 18.3 Å². The van der Waals surface area contributed by atoms with E-state index < -0.39 is 6.10 Å².